The second-order valence-electron chi connectivity index (χ2n) is 8.47. The highest BCUT2D eigenvalue weighted by Gasteiger charge is 2.32. The fraction of sp³-hybridized carbons (Fsp3) is 0.565. The molecule has 2 aliphatic rings. The van der Waals surface area contributed by atoms with Gasteiger partial charge in [-0.2, -0.15) is 0 Å². The monoisotopic (exact) mass is 381 g/mol. The Labute approximate surface area is 166 Å². The molecule has 5 heteroatoms. The van der Waals surface area contributed by atoms with Crippen molar-refractivity contribution in [2.75, 3.05) is 13.1 Å². The zero-order valence-corrected chi connectivity index (χ0v) is 16.7. The molecule has 28 heavy (non-hydrogen) atoms. The first kappa shape index (κ1) is 19.2. The van der Waals surface area contributed by atoms with Crippen LogP contribution in [-0.4, -0.2) is 46.7 Å². The number of rotatable bonds is 5. The summed E-state index contributed by atoms with van der Waals surface area (Å²) < 4.78 is 0. The highest BCUT2D eigenvalue weighted by Crippen LogP contribution is 2.25. The Morgan fingerprint density at radius 1 is 1.11 bits per heavy atom. The molecule has 1 aromatic carbocycles. The number of nitrogens with zero attached hydrogens (tertiary/aromatic N) is 1. The fourth-order valence-electron chi connectivity index (χ4n) is 4.80. The number of Topliss-reactive ketones (excluding diaryl/α,β-unsaturated/α-hetero) is 1. The number of ketones is 1. The molecule has 1 aromatic heterocycles. The molecule has 1 aliphatic carbocycles. The van der Waals surface area contributed by atoms with Crippen LogP contribution in [0.2, 0.25) is 0 Å². The van der Waals surface area contributed by atoms with Crippen molar-refractivity contribution in [2.24, 2.45) is 5.92 Å². The van der Waals surface area contributed by atoms with E-state index < -0.39 is 0 Å². The van der Waals surface area contributed by atoms with Gasteiger partial charge in [-0.25, -0.2) is 0 Å². The van der Waals surface area contributed by atoms with Crippen molar-refractivity contribution >= 4 is 22.6 Å². The molecule has 150 valence electrons. The van der Waals surface area contributed by atoms with E-state index in [1.54, 1.807) is 0 Å². The molecule has 2 aromatic rings. The average Bonchev–Trinajstić information content (AvgIpc) is 3.17. The Bertz CT molecular complexity index is 837. The van der Waals surface area contributed by atoms with Crippen LogP contribution in [0.25, 0.3) is 10.9 Å². The van der Waals surface area contributed by atoms with Crippen LogP contribution >= 0.6 is 0 Å². The highest BCUT2D eigenvalue weighted by atomic mass is 16.2. The molecule has 1 saturated carbocycles. The summed E-state index contributed by atoms with van der Waals surface area (Å²) in [6, 6.07) is 8.04. The molecule has 2 N–H and O–H groups in total. The predicted octanol–water partition coefficient (Wildman–Crippen LogP) is 3.90. The van der Waals surface area contributed by atoms with Crippen molar-refractivity contribution in [3.8, 4) is 0 Å². The van der Waals surface area contributed by atoms with Gasteiger partial charge in [0, 0.05) is 35.2 Å². The van der Waals surface area contributed by atoms with Crippen molar-refractivity contribution in [2.45, 2.75) is 64.0 Å². The molecule has 2 heterocycles. The number of fused-ring (bicyclic) bond motifs is 1. The third kappa shape index (κ3) is 4.00. The lowest BCUT2D eigenvalue weighted by molar-refractivity contribution is -0.127. The SMILES string of the molecule is CC(C(=O)c1c[nH]c2ccccc12)N1CCCC(C(=O)NC2CCCCC2)C1. The van der Waals surface area contributed by atoms with Crippen molar-refractivity contribution in [1.82, 2.24) is 15.2 Å². The Balaban J connectivity index is 1.40. The van der Waals surface area contributed by atoms with Gasteiger partial charge in [-0.05, 0) is 45.2 Å². The number of carbonyl (C=O) groups excluding carboxylic acids is 2. The van der Waals surface area contributed by atoms with E-state index in [2.05, 4.69) is 15.2 Å². The Kier molecular flexibility index (Phi) is 5.81. The van der Waals surface area contributed by atoms with E-state index >= 15 is 0 Å². The number of hydrogen-bond acceptors (Lipinski definition) is 3. The summed E-state index contributed by atoms with van der Waals surface area (Å²) in [5, 5.41) is 4.25. The number of H-pyrrole nitrogens is 1. The molecule has 2 fully saturated rings. The molecule has 0 spiro atoms. The van der Waals surface area contributed by atoms with E-state index in [-0.39, 0.29) is 23.7 Å². The van der Waals surface area contributed by atoms with Gasteiger partial charge in [0.15, 0.2) is 5.78 Å². The topological polar surface area (TPSA) is 65.2 Å². The number of likely N-dealkylation sites (tertiary alicyclic amines) is 1. The predicted molar refractivity (Wildman–Crippen MR) is 111 cm³/mol. The van der Waals surface area contributed by atoms with Gasteiger partial charge in [0.25, 0.3) is 0 Å². The van der Waals surface area contributed by atoms with E-state index in [0.717, 1.165) is 48.7 Å². The van der Waals surface area contributed by atoms with Gasteiger partial charge in [0.05, 0.1) is 12.0 Å². The molecule has 5 nitrogen and oxygen atoms in total. The number of carbonyl (C=O) groups is 2. The Morgan fingerprint density at radius 2 is 1.89 bits per heavy atom. The lowest BCUT2D eigenvalue weighted by Gasteiger charge is -2.36. The van der Waals surface area contributed by atoms with Crippen LogP contribution in [0.3, 0.4) is 0 Å². The molecular formula is C23H31N3O2. The van der Waals surface area contributed by atoms with Crippen LogP contribution in [0.15, 0.2) is 30.5 Å². The Morgan fingerprint density at radius 3 is 2.71 bits per heavy atom. The number of amides is 1. The van der Waals surface area contributed by atoms with Crippen LogP contribution in [0, 0.1) is 5.92 Å². The molecule has 0 radical (unpaired) electrons. The lowest BCUT2D eigenvalue weighted by Crippen LogP contribution is -2.50. The number of para-hydroxylation sites is 1. The molecule has 2 atom stereocenters. The van der Waals surface area contributed by atoms with Crippen LogP contribution in [0.4, 0.5) is 0 Å². The summed E-state index contributed by atoms with van der Waals surface area (Å²) in [6.45, 7) is 3.53. The average molecular weight is 382 g/mol. The van der Waals surface area contributed by atoms with Gasteiger partial charge in [-0.3, -0.25) is 14.5 Å². The number of piperidine rings is 1. The quantitative estimate of drug-likeness (QED) is 0.772. The molecule has 1 amide bonds. The van der Waals surface area contributed by atoms with Crippen molar-refractivity contribution in [1.29, 1.82) is 0 Å². The van der Waals surface area contributed by atoms with E-state index in [1.165, 1.54) is 19.3 Å². The number of nitrogens with one attached hydrogen (secondary N) is 2. The third-order valence-electron chi connectivity index (χ3n) is 6.56. The van der Waals surface area contributed by atoms with Gasteiger partial charge < -0.3 is 10.3 Å². The second kappa shape index (κ2) is 8.48. The van der Waals surface area contributed by atoms with Gasteiger partial charge in [-0.15, -0.1) is 0 Å². The standard InChI is InChI=1S/C23H31N3O2/c1-16(22(27)20-14-24-21-12-6-5-11-19(20)21)26-13-7-8-17(15-26)23(28)25-18-9-3-2-4-10-18/h5-6,11-12,14,16-18,24H,2-4,7-10,13,15H2,1H3,(H,25,28). The number of aromatic nitrogens is 1. The third-order valence-corrected chi connectivity index (χ3v) is 6.56. The largest absolute Gasteiger partial charge is 0.360 e. The Hall–Kier alpha value is -2.14. The molecular weight excluding hydrogens is 350 g/mol. The summed E-state index contributed by atoms with van der Waals surface area (Å²) in [7, 11) is 0. The van der Waals surface area contributed by atoms with Crippen molar-refractivity contribution < 1.29 is 9.59 Å². The minimum absolute atomic E-state index is 0.00565. The lowest BCUT2D eigenvalue weighted by atomic mass is 9.92. The van der Waals surface area contributed by atoms with Gasteiger partial charge in [-0.1, -0.05) is 37.5 Å². The van der Waals surface area contributed by atoms with Crippen LogP contribution in [-0.2, 0) is 4.79 Å². The zero-order valence-electron chi connectivity index (χ0n) is 16.7. The molecule has 0 bridgehead atoms. The van der Waals surface area contributed by atoms with Gasteiger partial charge in [0.1, 0.15) is 0 Å². The molecule has 1 aliphatic heterocycles. The minimum Gasteiger partial charge on any atom is -0.360 e. The first-order valence-corrected chi connectivity index (χ1v) is 10.8. The van der Waals surface area contributed by atoms with Crippen LogP contribution < -0.4 is 5.32 Å². The van der Waals surface area contributed by atoms with E-state index in [9.17, 15) is 9.59 Å². The first-order chi connectivity index (χ1) is 13.6. The second-order valence-corrected chi connectivity index (χ2v) is 8.47. The summed E-state index contributed by atoms with van der Waals surface area (Å²) in [5.74, 6) is 0.308. The summed E-state index contributed by atoms with van der Waals surface area (Å²) >= 11 is 0. The van der Waals surface area contributed by atoms with Crippen molar-refractivity contribution in [3.05, 3.63) is 36.0 Å². The maximum atomic E-state index is 13.2. The van der Waals surface area contributed by atoms with Gasteiger partial charge >= 0.3 is 0 Å². The van der Waals surface area contributed by atoms with E-state index in [0.29, 0.717) is 12.6 Å². The number of aromatic amines is 1. The van der Waals surface area contributed by atoms with Crippen LogP contribution in [0.5, 0.6) is 0 Å². The zero-order chi connectivity index (χ0) is 19.5. The highest BCUT2D eigenvalue weighted by molar-refractivity contribution is 6.10. The fourth-order valence-corrected chi connectivity index (χ4v) is 4.80. The normalized spacial score (nSPS) is 22.8. The summed E-state index contributed by atoms with van der Waals surface area (Å²) in [6.07, 6.45) is 9.65. The maximum Gasteiger partial charge on any atom is 0.224 e. The van der Waals surface area contributed by atoms with Gasteiger partial charge in [0.2, 0.25) is 5.91 Å². The first-order valence-electron chi connectivity index (χ1n) is 10.8. The minimum atomic E-state index is -0.218. The maximum absolute atomic E-state index is 13.2. The number of benzene rings is 1. The van der Waals surface area contributed by atoms with Crippen molar-refractivity contribution in [3.63, 3.8) is 0 Å². The van der Waals surface area contributed by atoms with E-state index in [4.69, 9.17) is 0 Å². The smallest absolute Gasteiger partial charge is 0.224 e. The molecule has 4 rings (SSSR count). The number of hydrogen-bond donors (Lipinski definition) is 2. The van der Waals surface area contributed by atoms with Crippen LogP contribution in [0.1, 0.15) is 62.2 Å². The summed E-state index contributed by atoms with van der Waals surface area (Å²) in [4.78, 5) is 31.3. The van der Waals surface area contributed by atoms with E-state index in [1.807, 2.05) is 37.4 Å². The molecule has 1 saturated heterocycles. The summed E-state index contributed by atoms with van der Waals surface area (Å²) in [5.41, 5.74) is 1.73. The molecule has 2 unspecified atom stereocenters.